The lowest BCUT2D eigenvalue weighted by Gasteiger charge is -2.17. The van der Waals surface area contributed by atoms with Crippen molar-refractivity contribution >= 4 is 37.5 Å². The van der Waals surface area contributed by atoms with E-state index in [1.54, 1.807) is 0 Å². The van der Waals surface area contributed by atoms with Gasteiger partial charge in [-0.2, -0.15) is 0 Å². The molecule has 0 heterocycles. The standard InChI is InChI=1S/C20H21BrO2/c1-3-11-22-19-15-7-5-6-8-16(15)20(23-12-4-2)18-13-14(21)9-10-17(18)19/h5-10,13H,3-4,11-12H2,1-2H3. The van der Waals surface area contributed by atoms with Gasteiger partial charge in [-0.3, -0.25) is 0 Å². The van der Waals surface area contributed by atoms with Crippen LogP contribution < -0.4 is 9.47 Å². The van der Waals surface area contributed by atoms with Crippen molar-refractivity contribution in [2.45, 2.75) is 26.7 Å². The average molecular weight is 373 g/mol. The van der Waals surface area contributed by atoms with Gasteiger partial charge in [0.25, 0.3) is 0 Å². The molecule has 0 fully saturated rings. The number of halogens is 1. The molecule has 3 aromatic carbocycles. The third-order valence-corrected chi connectivity index (χ3v) is 4.28. The average Bonchev–Trinajstić information content (AvgIpc) is 2.58. The highest BCUT2D eigenvalue weighted by Crippen LogP contribution is 2.43. The molecule has 0 aliphatic rings. The van der Waals surface area contributed by atoms with Gasteiger partial charge in [-0.1, -0.05) is 54.0 Å². The third-order valence-electron chi connectivity index (χ3n) is 3.79. The molecule has 0 unspecified atom stereocenters. The summed E-state index contributed by atoms with van der Waals surface area (Å²) in [6.45, 7) is 5.67. The molecule has 0 radical (unpaired) electrons. The molecule has 0 aliphatic heterocycles. The van der Waals surface area contributed by atoms with Crippen LogP contribution >= 0.6 is 15.9 Å². The summed E-state index contributed by atoms with van der Waals surface area (Å²) in [5.74, 6) is 1.90. The summed E-state index contributed by atoms with van der Waals surface area (Å²) < 4.78 is 13.3. The van der Waals surface area contributed by atoms with Gasteiger partial charge in [0.15, 0.2) is 0 Å². The van der Waals surface area contributed by atoms with E-state index in [4.69, 9.17) is 9.47 Å². The zero-order valence-corrected chi connectivity index (χ0v) is 15.2. The minimum absolute atomic E-state index is 0.709. The van der Waals surface area contributed by atoms with Crippen LogP contribution in [0.2, 0.25) is 0 Å². The minimum atomic E-state index is 0.709. The second-order valence-corrected chi connectivity index (χ2v) is 6.51. The second-order valence-electron chi connectivity index (χ2n) is 5.59. The van der Waals surface area contributed by atoms with Crippen LogP contribution in [-0.4, -0.2) is 13.2 Å². The molecule has 0 spiro atoms. The Kier molecular flexibility index (Phi) is 5.06. The van der Waals surface area contributed by atoms with Crippen LogP contribution in [0.1, 0.15) is 26.7 Å². The Morgan fingerprint density at radius 3 is 1.83 bits per heavy atom. The van der Waals surface area contributed by atoms with Crippen molar-refractivity contribution in [3.8, 4) is 11.5 Å². The summed E-state index contributed by atoms with van der Waals surface area (Å²) in [7, 11) is 0. The quantitative estimate of drug-likeness (QED) is 0.470. The lowest BCUT2D eigenvalue weighted by atomic mass is 10.0. The minimum Gasteiger partial charge on any atom is -0.492 e. The van der Waals surface area contributed by atoms with Gasteiger partial charge in [0, 0.05) is 26.0 Å². The largest absolute Gasteiger partial charge is 0.492 e. The van der Waals surface area contributed by atoms with Crippen LogP contribution in [0.15, 0.2) is 46.9 Å². The molecular weight excluding hydrogens is 352 g/mol. The first-order valence-electron chi connectivity index (χ1n) is 8.15. The molecule has 0 saturated carbocycles. The third kappa shape index (κ3) is 3.16. The van der Waals surface area contributed by atoms with E-state index in [1.165, 1.54) is 0 Å². The molecule has 2 nitrogen and oxygen atoms in total. The van der Waals surface area contributed by atoms with E-state index in [1.807, 2.05) is 0 Å². The number of hydrogen-bond acceptors (Lipinski definition) is 2. The summed E-state index contributed by atoms with van der Waals surface area (Å²) in [4.78, 5) is 0. The SMILES string of the molecule is CCCOc1c2ccccc2c(OCCC)c2cc(Br)ccc12. The highest BCUT2D eigenvalue weighted by atomic mass is 79.9. The fourth-order valence-electron chi connectivity index (χ4n) is 2.79. The summed E-state index contributed by atoms with van der Waals surface area (Å²) in [5.41, 5.74) is 0. The molecule has 0 saturated heterocycles. The molecule has 23 heavy (non-hydrogen) atoms. The highest BCUT2D eigenvalue weighted by Gasteiger charge is 2.16. The predicted molar refractivity (Wildman–Crippen MR) is 101 cm³/mol. The molecule has 0 aromatic heterocycles. The van der Waals surface area contributed by atoms with Gasteiger partial charge in [-0.15, -0.1) is 0 Å². The highest BCUT2D eigenvalue weighted by molar-refractivity contribution is 9.10. The number of fused-ring (bicyclic) bond motifs is 2. The van der Waals surface area contributed by atoms with Gasteiger partial charge < -0.3 is 9.47 Å². The summed E-state index contributed by atoms with van der Waals surface area (Å²) in [5, 5.41) is 4.42. The Morgan fingerprint density at radius 2 is 1.26 bits per heavy atom. The van der Waals surface area contributed by atoms with Gasteiger partial charge in [-0.05, 0) is 31.0 Å². The topological polar surface area (TPSA) is 18.5 Å². The maximum Gasteiger partial charge on any atom is 0.135 e. The molecule has 3 heteroatoms. The fourth-order valence-corrected chi connectivity index (χ4v) is 3.15. The molecular formula is C20H21BrO2. The molecule has 120 valence electrons. The van der Waals surface area contributed by atoms with E-state index in [0.29, 0.717) is 13.2 Å². The number of rotatable bonds is 6. The Labute approximate surface area is 145 Å². The molecule has 3 rings (SSSR count). The van der Waals surface area contributed by atoms with Gasteiger partial charge in [0.1, 0.15) is 11.5 Å². The molecule has 0 bridgehead atoms. The first kappa shape index (κ1) is 16.1. The van der Waals surface area contributed by atoms with Crippen LogP contribution in [0, 0.1) is 0 Å². The van der Waals surface area contributed by atoms with E-state index in [0.717, 1.165) is 50.4 Å². The van der Waals surface area contributed by atoms with Crippen molar-refractivity contribution in [2.24, 2.45) is 0 Å². The predicted octanol–water partition coefficient (Wildman–Crippen LogP) is 6.33. The smallest absolute Gasteiger partial charge is 0.135 e. The van der Waals surface area contributed by atoms with Crippen LogP contribution in [0.25, 0.3) is 21.5 Å². The normalized spacial score (nSPS) is 11.1. The maximum absolute atomic E-state index is 6.12. The lowest BCUT2D eigenvalue weighted by molar-refractivity contribution is 0.319. The van der Waals surface area contributed by atoms with E-state index >= 15 is 0 Å². The second kappa shape index (κ2) is 7.22. The Hall–Kier alpha value is -1.74. The van der Waals surface area contributed by atoms with E-state index in [-0.39, 0.29) is 0 Å². The van der Waals surface area contributed by atoms with Crippen molar-refractivity contribution in [1.82, 2.24) is 0 Å². The van der Waals surface area contributed by atoms with Gasteiger partial charge in [0.2, 0.25) is 0 Å². The zero-order chi connectivity index (χ0) is 16.2. The van der Waals surface area contributed by atoms with Crippen molar-refractivity contribution in [3.05, 3.63) is 46.9 Å². The molecule has 0 aliphatic carbocycles. The Morgan fingerprint density at radius 1 is 0.739 bits per heavy atom. The van der Waals surface area contributed by atoms with Gasteiger partial charge in [0.05, 0.1) is 13.2 Å². The maximum atomic E-state index is 6.12. The Balaban J connectivity index is 2.35. The van der Waals surface area contributed by atoms with Crippen molar-refractivity contribution in [2.75, 3.05) is 13.2 Å². The first-order valence-corrected chi connectivity index (χ1v) is 8.95. The van der Waals surface area contributed by atoms with Gasteiger partial charge >= 0.3 is 0 Å². The van der Waals surface area contributed by atoms with Crippen molar-refractivity contribution < 1.29 is 9.47 Å². The molecule has 0 atom stereocenters. The lowest BCUT2D eigenvalue weighted by Crippen LogP contribution is -2.01. The van der Waals surface area contributed by atoms with Crippen LogP contribution in [-0.2, 0) is 0 Å². The summed E-state index contributed by atoms with van der Waals surface area (Å²) >= 11 is 3.58. The molecule has 3 aromatic rings. The molecule has 0 amide bonds. The monoisotopic (exact) mass is 372 g/mol. The van der Waals surface area contributed by atoms with E-state index < -0.39 is 0 Å². The van der Waals surface area contributed by atoms with Crippen LogP contribution in [0.5, 0.6) is 11.5 Å². The number of ether oxygens (including phenoxy) is 2. The molecule has 0 N–H and O–H groups in total. The van der Waals surface area contributed by atoms with E-state index in [9.17, 15) is 0 Å². The van der Waals surface area contributed by atoms with Crippen molar-refractivity contribution in [3.63, 3.8) is 0 Å². The van der Waals surface area contributed by atoms with Gasteiger partial charge in [-0.25, -0.2) is 0 Å². The Bertz CT molecular complexity index is 827. The van der Waals surface area contributed by atoms with E-state index in [2.05, 4.69) is 72.2 Å². The summed E-state index contributed by atoms with van der Waals surface area (Å²) in [6, 6.07) is 14.6. The van der Waals surface area contributed by atoms with Crippen LogP contribution in [0.3, 0.4) is 0 Å². The van der Waals surface area contributed by atoms with Crippen LogP contribution in [0.4, 0.5) is 0 Å². The van der Waals surface area contributed by atoms with Crippen molar-refractivity contribution in [1.29, 1.82) is 0 Å². The first-order chi connectivity index (χ1) is 11.3. The fraction of sp³-hybridized carbons (Fsp3) is 0.300. The number of benzene rings is 3. The summed E-state index contributed by atoms with van der Waals surface area (Å²) in [6.07, 6.45) is 1.97. The number of hydrogen-bond donors (Lipinski definition) is 0. The zero-order valence-electron chi connectivity index (χ0n) is 13.6.